The molecule has 0 amide bonds. The lowest BCUT2D eigenvalue weighted by Crippen LogP contribution is -2.50. The van der Waals surface area contributed by atoms with Gasteiger partial charge in [0.2, 0.25) is 0 Å². The van der Waals surface area contributed by atoms with Crippen molar-refractivity contribution >= 4 is 0 Å². The van der Waals surface area contributed by atoms with E-state index in [0.29, 0.717) is 6.04 Å². The summed E-state index contributed by atoms with van der Waals surface area (Å²) >= 11 is 0. The zero-order chi connectivity index (χ0) is 14.4. The molecule has 2 fully saturated rings. The van der Waals surface area contributed by atoms with Crippen LogP contribution in [0.2, 0.25) is 0 Å². The van der Waals surface area contributed by atoms with Gasteiger partial charge in [0.1, 0.15) is 0 Å². The number of rotatable bonds is 9. The summed E-state index contributed by atoms with van der Waals surface area (Å²) in [5.74, 6) is 0. The molecule has 20 heavy (non-hydrogen) atoms. The highest BCUT2D eigenvalue weighted by atomic mass is 16.3. The Balaban J connectivity index is 1.67. The molecule has 118 valence electrons. The molecule has 1 unspecified atom stereocenters. The van der Waals surface area contributed by atoms with Gasteiger partial charge < -0.3 is 20.2 Å². The molecule has 1 aliphatic heterocycles. The molecule has 4 nitrogen and oxygen atoms in total. The van der Waals surface area contributed by atoms with Gasteiger partial charge in [0.05, 0.1) is 6.61 Å². The van der Waals surface area contributed by atoms with E-state index in [0.717, 1.165) is 12.8 Å². The molecule has 2 aliphatic rings. The Bertz CT molecular complexity index is 269. The molecule has 1 heterocycles. The molecule has 2 N–H and O–H groups in total. The van der Waals surface area contributed by atoms with Crippen molar-refractivity contribution in [1.29, 1.82) is 0 Å². The van der Waals surface area contributed by atoms with E-state index in [2.05, 4.69) is 29.0 Å². The van der Waals surface area contributed by atoms with Crippen LogP contribution in [0.25, 0.3) is 0 Å². The van der Waals surface area contributed by atoms with Crippen molar-refractivity contribution in [3.63, 3.8) is 0 Å². The van der Waals surface area contributed by atoms with E-state index in [9.17, 15) is 5.11 Å². The molecular formula is C16H33N3O. The summed E-state index contributed by atoms with van der Waals surface area (Å²) in [7, 11) is 0. The van der Waals surface area contributed by atoms with Crippen LogP contribution in [-0.4, -0.2) is 72.4 Å². The van der Waals surface area contributed by atoms with Crippen LogP contribution >= 0.6 is 0 Å². The second-order valence-electron chi connectivity index (χ2n) is 6.59. The van der Waals surface area contributed by atoms with Gasteiger partial charge in [-0.15, -0.1) is 0 Å². The van der Waals surface area contributed by atoms with Crippen molar-refractivity contribution in [1.82, 2.24) is 15.1 Å². The van der Waals surface area contributed by atoms with E-state index in [1.165, 1.54) is 58.5 Å². The first-order valence-corrected chi connectivity index (χ1v) is 8.54. The lowest BCUT2D eigenvalue weighted by Gasteiger charge is -2.36. The molecule has 1 aliphatic carbocycles. The monoisotopic (exact) mass is 283 g/mol. The Morgan fingerprint density at radius 2 is 1.75 bits per heavy atom. The van der Waals surface area contributed by atoms with Crippen LogP contribution in [0.15, 0.2) is 0 Å². The Morgan fingerprint density at radius 1 is 1.10 bits per heavy atom. The fourth-order valence-electron chi connectivity index (χ4n) is 3.22. The van der Waals surface area contributed by atoms with Gasteiger partial charge in [-0.1, -0.05) is 13.8 Å². The van der Waals surface area contributed by atoms with Crippen LogP contribution in [0.4, 0.5) is 0 Å². The zero-order valence-corrected chi connectivity index (χ0v) is 13.4. The highest BCUT2D eigenvalue weighted by Gasteiger charge is 2.34. The maximum Gasteiger partial charge on any atom is 0.0613 e. The average molecular weight is 283 g/mol. The quantitative estimate of drug-likeness (QED) is 0.669. The predicted molar refractivity (Wildman–Crippen MR) is 84.1 cm³/mol. The molecule has 1 atom stereocenters. The first-order chi connectivity index (χ1) is 9.71. The smallest absolute Gasteiger partial charge is 0.0613 e. The number of likely N-dealkylation sites (N-methyl/N-ethyl adjacent to an activating group) is 1. The topological polar surface area (TPSA) is 38.7 Å². The zero-order valence-electron chi connectivity index (χ0n) is 13.4. The number of piperazine rings is 1. The summed E-state index contributed by atoms with van der Waals surface area (Å²) in [6.45, 7) is 12.0. The third-order valence-electron chi connectivity index (χ3n) is 5.11. The van der Waals surface area contributed by atoms with Gasteiger partial charge in [0.15, 0.2) is 0 Å². The number of nitrogens with one attached hydrogen (secondary N) is 1. The predicted octanol–water partition coefficient (Wildman–Crippen LogP) is 1.30. The fraction of sp³-hybridized carbons (Fsp3) is 1.00. The second-order valence-corrected chi connectivity index (χ2v) is 6.59. The molecule has 4 heteroatoms. The summed E-state index contributed by atoms with van der Waals surface area (Å²) in [5, 5.41) is 13.5. The van der Waals surface area contributed by atoms with Crippen molar-refractivity contribution in [2.24, 2.45) is 0 Å². The molecule has 0 aromatic rings. The van der Waals surface area contributed by atoms with Gasteiger partial charge in [-0.3, -0.25) is 0 Å². The minimum atomic E-state index is -0.0214. The normalized spacial score (nSPS) is 24.8. The standard InChI is InChI=1S/C16H33N3O/c1-3-16(14-20,17-15-6-7-15)8-5-9-19-12-10-18(4-2)11-13-19/h15,17,20H,3-14H2,1-2H3. The maximum atomic E-state index is 9.77. The van der Waals surface area contributed by atoms with Crippen molar-refractivity contribution in [2.75, 3.05) is 45.9 Å². The van der Waals surface area contributed by atoms with E-state index in [4.69, 9.17) is 0 Å². The van der Waals surface area contributed by atoms with Crippen molar-refractivity contribution < 1.29 is 5.11 Å². The van der Waals surface area contributed by atoms with E-state index >= 15 is 0 Å². The van der Waals surface area contributed by atoms with Crippen molar-refractivity contribution in [2.45, 2.75) is 57.5 Å². The molecule has 1 saturated heterocycles. The third-order valence-corrected chi connectivity index (χ3v) is 5.11. The summed E-state index contributed by atoms with van der Waals surface area (Å²) in [5.41, 5.74) is -0.0214. The minimum absolute atomic E-state index is 0.0214. The van der Waals surface area contributed by atoms with Gasteiger partial charge >= 0.3 is 0 Å². The van der Waals surface area contributed by atoms with Crippen molar-refractivity contribution in [3.05, 3.63) is 0 Å². The van der Waals surface area contributed by atoms with E-state index in [-0.39, 0.29) is 12.1 Å². The van der Waals surface area contributed by atoms with Crippen molar-refractivity contribution in [3.8, 4) is 0 Å². The fourth-order valence-corrected chi connectivity index (χ4v) is 3.22. The lowest BCUT2D eigenvalue weighted by atomic mass is 9.91. The first-order valence-electron chi connectivity index (χ1n) is 8.54. The van der Waals surface area contributed by atoms with E-state index in [1.54, 1.807) is 0 Å². The summed E-state index contributed by atoms with van der Waals surface area (Å²) in [6.07, 6.45) is 5.91. The van der Waals surface area contributed by atoms with Crippen LogP contribution in [-0.2, 0) is 0 Å². The van der Waals surface area contributed by atoms with Crippen LogP contribution in [0.5, 0.6) is 0 Å². The Hall–Kier alpha value is -0.160. The number of aliphatic hydroxyl groups excluding tert-OH is 1. The van der Waals surface area contributed by atoms with Gasteiger partial charge in [0.25, 0.3) is 0 Å². The van der Waals surface area contributed by atoms with Crippen LogP contribution in [0.3, 0.4) is 0 Å². The summed E-state index contributed by atoms with van der Waals surface area (Å²) < 4.78 is 0. The molecule has 2 rings (SSSR count). The molecule has 1 saturated carbocycles. The van der Waals surface area contributed by atoms with Crippen LogP contribution in [0, 0.1) is 0 Å². The van der Waals surface area contributed by atoms with Crippen LogP contribution < -0.4 is 5.32 Å². The minimum Gasteiger partial charge on any atom is -0.394 e. The number of aliphatic hydroxyl groups is 1. The molecule has 0 aromatic heterocycles. The maximum absolute atomic E-state index is 9.77. The van der Waals surface area contributed by atoms with Crippen LogP contribution in [0.1, 0.15) is 46.0 Å². The van der Waals surface area contributed by atoms with E-state index < -0.39 is 0 Å². The van der Waals surface area contributed by atoms with Gasteiger partial charge in [-0.05, 0) is 45.2 Å². The lowest BCUT2D eigenvalue weighted by molar-refractivity contribution is 0.116. The number of hydrogen-bond acceptors (Lipinski definition) is 4. The Kier molecular flexibility index (Phi) is 6.27. The Labute approximate surface area is 124 Å². The largest absolute Gasteiger partial charge is 0.394 e. The molecular weight excluding hydrogens is 250 g/mol. The van der Waals surface area contributed by atoms with E-state index in [1.807, 2.05) is 0 Å². The Morgan fingerprint density at radius 3 is 2.25 bits per heavy atom. The second kappa shape index (κ2) is 7.74. The molecule has 0 spiro atoms. The highest BCUT2D eigenvalue weighted by Crippen LogP contribution is 2.26. The van der Waals surface area contributed by atoms with Gasteiger partial charge in [-0.25, -0.2) is 0 Å². The van der Waals surface area contributed by atoms with Gasteiger partial charge in [0, 0.05) is 37.8 Å². The number of hydrogen-bond donors (Lipinski definition) is 2. The summed E-state index contributed by atoms with van der Waals surface area (Å²) in [4.78, 5) is 5.11. The van der Waals surface area contributed by atoms with Gasteiger partial charge in [-0.2, -0.15) is 0 Å². The third kappa shape index (κ3) is 4.69. The average Bonchev–Trinajstić information content (AvgIpc) is 3.31. The first kappa shape index (κ1) is 16.2. The SMILES string of the molecule is CCN1CCN(CCCC(CC)(CO)NC2CC2)CC1. The highest BCUT2D eigenvalue weighted by molar-refractivity contribution is 4.94. The summed E-state index contributed by atoms with van der Waals surface area (Å²) in [6, 6.07) is 0.676. The molecule has 0 radical (unpaired) electrons. The molecule has 0 bridgehead atoms. The molecule has 0 aromatic carbocycles. The number of nitrogens with zero attached hydrogens (tertiary/aromatic N) is 2.